The summed E-state index contributed by atoms with van der Waals surface area (Å²) >= 11 is 0.922. The van der Waals surface area contributed by atoms with Crippen molar-refractivity contribution in [2.24, 2.45) is 16.7 Å². The molecule has 0 aromatic carbocycles. The minimum absolute atomic E-state index is 0.0997. The van der Waals surface area contributed by atoms with Crippen molar-refractivity contribution in [2.75, 3.05) is 14.2 Å². The van der Waals surface area contributed by atoms with Gasteiger partial charge in [0.2, 0.25) is 11.8 Å². The molecule has 3 unspecified atom stereocenters. The highest BCUT2D eigenvalue weighted by Gasteiger charge is 2.61. The number of ether oxygens (including phenoxy) is 2. The van der Waals surface area contributed by atoms with Gasteiger partial charge in [0.25, 0.3) is 0 Å². The molecule has 2 rings (SSSR count). The average Bonchev–Trinajstić information content (AvgIpc) is 2.66. The van der Waals surface area contributed by atoms with Crippen molar-refractivity contribution < 1.29 is 32.5 Å². The molecule has 0 saturated heterocycles. The van der Waals surface area contributed by atoms with Crippen LogP contribution in [-0.4, -0.2) is 46.7 Å². The zero-order chi connectivity index (χ0) is 22.7. The summed E-state index contributed by atoms with van der Waals surface area (Å²) in [5, 5.41) is 9.27. The lowest BCUT2D eigenvalue weighted by Crippen LogP contribution is -2.55. The molecule has 0 bridgehead atoms. The van der Waals surface area contributed by atoms with E-state index >= 15 is 0 Å². The molecule has 0 fully saturated rings. The van der Waals surface area contributed by atoms with Crippen molar-refractivity contribution in [3.05, 3.63) is 18.2 Å². The Bertz CT molecular complexity index is 778. The number of allylic oxidation sites excluding steroid dienone is 1. The number of aliphatic carboxylic acids is 1. The Hall–Kier alpha value is -1.97. The number of unbranched alkanes of at least 4 members (excludes halogenated alkanes) is 1. The van der Waals surface area contributed by atoms with Gasteiger partial charge in [-0.3, -0.25) is 4.79 Å². The highest BCUT2D eigenvalue weighted by Crippen LogP contribution is 2.58. The first-order valence-corrected chi connectivity index (χ1v) is 10.4. The van der Waals surface area contributed by atoms with Gasteiger partial charge in [-0.05, 0) is 11.8 Å². The van der Waals surface area contributed by atoms with Crippen LogP contribution in [0.2, 0.25) is 0 Å². The molecule has 1 heterocycles. The second kappa shape index (κ2) is 9.03. The molecule has 0 amide bonds. The highest BCUT2D eigenvalue weighted by atomic mass is 32.2. The summed E-state index contributed by atoms with van der Waals surface area (Å²) in [7, 11) is 2.79. The molecule has 10 heteroatoms. The van der Waals surface area contributed by atoms with E-state index in [-0.39, 0.29) is 23.3 Å². The minimum Gasteiger partial charge on any atom is -0.481 e. The Morgan fingerprint density at radius 3 is 2.23 bits per heavy atom. The summed E-state index contributed by atoms with van der Waals surface area (Å²) in [6, 6.07) is 1.44. The molecule has 6 nitrogen and oxygen atoms in total. The lowest BCUT2D eigenvalue weighted by atomic mass is 9.60. The number of hydrogen-bond acceptors (Lipinski definition) is 6. The number of carbonyl (C=O) groups is 1. The molecule has 1 aromatic heterocycles. The Kier molecular flexibility index (Phi) is 7.32. The molecule has 1 aliphatic rings. The molecule has 1 aromatic rings. The summed E-state index contributed by atoms with van der Waals surface area (Å²) in [5.74, 6) is -2.61. The smallest absolute Gasteiger partial charge is 0.395 e. The maximum atomic E-state index is 13.8. The van der Waals surface area contributed by atoms with Gasteiger partial charge in [0.05, 0.1) is 31.6 Å². The third-order valence-electron chi connectivity index (χ3n) is 5.53. The van der Waals surface area contributed by atoms with Crippen LogP contribution in [0.25, 0.3) is 0 Å². The highest BCUT2D eigenvalue weighted by molar-refractivity contribution is 7.99. The predicted molar refractivity (Wildman–Crippen MR) is 107 cm³/mol. The predicted octanol–water partition coefficient (Wildman–Crippen LogP) is 4.99. The standard InChI is InChI=1S/C20H27F3N2O4S/c1-6-7-9-19(16(26)27)10-8-12(20(21,22)23)18(2,3)15(19)30-17-24-13(28-4)11-14(25-17)29-5/h8,10-12,15H,6-7,9H2,1-5H3,(H,26,27). The fourth-order valence-electron chi connectivity index (χ4n) is 3.94. The number of alkyl halides is 3. The van der Waals surface area contributed by atoms with Crippen LogP contribution in [0.5, 0.6) is 11.8 Å². The first-order chi connectivity index (χ1) is 13.9. The molecule has 3 atom stereocenters. The van der Waals surface area contributed by atoms with Gasteiger partial charge in [0.1, 0.15) is 0 Å². The van der Waals surface area contributed by atoms with Gasteiger partial charge in [0, 0.05) is 5.25 Å². The Morgan fingerprint density at radius 1 is 1.23 bits per heavy atom. The maximum absolute atomic E-state index is 13.8. The van der Waals surface area contributed by atoms with Gasteiger partial charge in [-0.15, -0.1) is 0 Å². The van der Waals surface area contributed by atoms with Crippen molar-refractivity contribution in [3.63, 3.8) is 0 Å². The Morgan fingerprint density at radius 2 is 1.80 bits per heavy atom. The average molecular weight is 449 g/mol. The van der Waals surface area contributed by atoms with E-state index in [2.05, 4.69) is 9.97 Å². The number of rotatable bonds is 8. The van der Waals surface area contributed by atoms with Crippen LogP contribution < -0.4 is 9.47 Å². The van der Waals surface area contributed by atoms with E-state index < -0.39 is 34.1 Å². The van der Waals surface area contributed by atoms with E-state index in [1.165, 1.54) is 40.2 Å². The third-order valence-corrected chi connectivity index (χ3v) is 7.18. The summed E-state index contributed by atoms with van der Waals surface area (Å²) in [4.78, 5) is 20.8. The zero-order valence-electron chi connectivity index (χ0n) is 17.6. The molecule has 0 spiro atoms. The van der Waals surface area contributed by atoms with E-state index in [0.717, 1.165) is 17.8 Å². The summed E-state index contributed by atoms with van der Waals surface area (Å²) in [6.45, 7) is 4.81. The minimum atomic E-state index is -4.51. The third kappa shape index (κ3) is 4.68. The number of methoxy groups -OCH3 is 2. The van der Waals surface area contributed by atoms with E-state index in [1.54, 1.807) is 0 Å². The van der Waals surface area contributed by atoms with Gasteiger partial charge < -0.3 is 14.6 Å². The number of hydrogen-bond donors (Lipinski definition) is 1. The van der Waals surface area contributed by atoms with E-state index in [9.17, 15) is 23.1 Å². The van der Waals surface area contributed by atoms with E-state index in [1.807, 2.05) is 6.92 Å². The van der Waals surface area contributed by atoms with Crippen LogP contribution in [0.1, 0.15) is 40.0 Å². The fraction of sp³-hybridized carbons (Fsp3) is 0.650. The molecule has 30 heavy (non-hydrogen) atoms. The SMILES string of the molecule is CCCCC1(C(=O)O)C=CC(C(F)(F)F)C(C)(C)C1Sc1nc(OC)cc(OC)n1. The normalized spacial score (nSPS) is 25.7. The van der Waals surface area contributed by atoms with Gasteiger partial charge >= 0.3 is 12.1 Å². The molecule has 1 aliphatic carbocycles. The molecule has 0 saturated carbocycles. The second-order valence-electron chi connectivity index (χ2n) is 7.88. The zero-order valence-corrected chi connectivity index (χ0v) is 18.4. The van der Waals surface area contributed by atoms with Gasteiger partial charge in [-0.2, -0.15) is 23.1 Å². The van der Waals surface area contributed by atoms with Crippen LogP contribution >= 0.6 is 11.8 Å². The quantitative estimate of drug-likeness (QED) is 0.443. The number of thioether (sulfide) groups is 1. The van der Waals surface area contributed by atoms with Gasteiger partial charge in [-0.1, -0.05) is 57.5 Å². The van der Waals surface area contributed by atoms with Crippen molar-refractivity contribution in [3.8, 4) is 11.8 Å². The Balaban J connectivity index is 2.64. The van der Waals surface area contributed by atoms with Crippen molar-refractivity contribution >= 4 is 17.7 Å². The lowest BCUT2D eigenvalue weighted by Gasteiger charge is -2.50. The van der Waals surface area contributed by atoms with Crippen molar-refractivity contribution in [1.82, 2.24) is 9.97 Å². The maximum Gasteiger partial charge on any atom is 0.395 e. The molecule has 168 valence electrons. The van der Waals surface area contributed by atoms with Crippen LogP contribution in [-0.2, 0) is 4.79 Å². The topological polar surface area (TPSA) is 81.5 Å². The number of carboxylic acid groups (broad SMARTS) is 1. The number of nitrogens with zero attached hydrogens (tertiary/aromatic N) is 2. The monoisotopic (exact) mass is 448 g/mol. The largest absolute Gasteiger partial charge is 0.481 e. The number of halogens is 3. The molecule has 0 aliphatic heterocycles. The molecular weight excluding hydrogens is 421 g/mol. The van der Waals surface area contributed by atoms with Crippen LogP contribution in [0.3, 0.4) is 0 Å². The first kappa shape index (κ1) is 24.3. The van der Waals surface area contributed by atoms with Crippen LogP contribution in [0.4, 0.5) is 13.2 Å². The number of aromatic nitrogens is 2. The van der Waals surface area contributed by atoms with Gasteiger partial charge in [0.15, 0.2) is 5.16 Å². The van der Waals surface area contributed by atoms with Crippen molar-refractivity contribution in [1.29, 1.82) is 0 Å². The molecule has 1 N–H and O–H groups in total. The summed E-state index contributed by atoms with van der Waals surface area (Å²) < 4.78 is 51.7. The van der Waals surface area contributed by atoms with Crippen LogP contribution in [0, 0.1) is 16.7 Å². The number of carboxylic acids is 1. The lowest BCUT2D eigenvalue weighted by molar-refractivity contribution is -0.194. The van der Waals surface area contributed by atoms with Crippen molar-refractivity contribution in [2.45, 2.75) is 56.6 Å². The molecular formula is C20H27F3N2O4S. The summed E-state index contributed by atoms with van der Waals surface area (Å²) in [5.41, 5.74) is -2.94. The molecule has 0 radical (unpaired) electrons. The fourth-order valence-corrected chi connectivity index (χ4v) is 5.40. The van der Waals surface area contributed by atoms with E-state index in [0.29, 0.717) is 12.8 Å². The first-order valence-electron chi connectivity index (χ1n) is 9.55. The van der Waals surface area contributed by atoms with E-state index in [4.69, 9.17) is 9.47 Å². The van der Waals surface area contributed by atoms with Crippen LogP contribution in [0.15, 0.2) is 23.4 Å². The summed E-state index contributed by atoms with van der Waals surface area (Å²) in [6.07, 6.45) is -0.795. The second-order valence-corrected chi connectivity index (χ2v) is 8.95. The Labute approximate surface area is 178 Å². The van der Waals surface area contributed by atoms with Gasteiger partial charge in [-0.25, -0.2) is 0 Å².